The Morgan fingerprint density at radius 2 is 2.05 bits per heavy atom. The van der Waals surface area contributed by atoms with E-state index in [4.69, 9.17) is 5.73 Å². The van der Waals surface area contributed by atoms with Crippen LogP contribution in [0.3, 0.4) is 0 Å². The molecule has 0 spiro atoms. The van der Waals surface area contributed by atoms with Crippen molar-refractivity contribution < 1.29 is 13.5 Å². The van der Waals surface area contributed by atoms with E-state index in [1.807, 2.05) is 42.3 Å². The molecule has 0 aromatic heterocycles. The molecule has 2 unspecified atom stereocenters. The van der Waals surface area contributed by atoms with Crippen molar-refractivity contribution in [3.05, 3.63) is 35.9 Å². The zero-order valence-corrected chi connectivity index (χ0v) is 12.5. The summed E-state index contributed by atoms with van der Waals surface area (Å²) >= 11 is 0. The molecule has 0 saturated carbocycles. The van der Waals surface area contributed by atoms with Gasteiger partial charge >= 0.3 is 0 Å². The molecule has 1 heterocycles. The molecule has 1 aromatic rings. The van der Waals surface area contributed by atoms with Gasteiger partial charge in [-0.1, -0.05) is 30.3 Å². The van der Waals surface area contributed by atoms with E-state index in [-0.39, 0.29) is 24.1 Å². The lowest BCUT2D eigenvalue weighted by atomic mass is 9.93. The van der Waals surface area contributed by atoms with Gasteiger partial charge in [-0.05, 0) is 19.0 Å². The standard InChI is InChI=1S/C14H22N2O3S/c1-16(13-7-8-20(18,19)9-13)11-14(17,10-15)12-5-3-2-4-6-12/h2-6,13,17H,7-11,15H2,1H3. The Morgan fingerprint density at radius 1 is 1.40 bits per heavy atom. The van der Waals surface area contributed by atoms with E-state index >= 15 is 0 Å². The summed E-state index contributed by atoms with van der Waals surface area (Å²) in [6.07, 6.45) is 0.619. The predicted octanol–water partition coefficient (Wildman–Crippen LogP) is -0.0482. The van der Waals surface area contributed by atoms with Crippen LogP contribution < -0.4 is 5.73 Å². The maximum Gasteiger partial charge on any atom is 0.151 e. The van der Waals surface area contributed by atoms with Crippen LogP contribution in [-0.4, -0.2) is 56.1 Å². The largest absolute Gasteiger partial charge is 0.382 e. The smallest absolute Gasteiger partial charge is 0.151 e. The minimum Gasteiger partial charge on any atom is -0.382 e. The van der Waals surface area contributed by atoms with Crippen molar-refractivity contribution in [1.29, 1.82) is 0 Å². The fourth-order valence-electron chi connectivity index (χ4n) is 2.69. The maximum absolute atomic E-state index is 11.5. The van der Waals surface area contributed by atoms with Crippen molar-refractivity contribution in [2.75, 3.05) is 31.6 Å². The van der Waals surface area contributed by atoms with Gasteiger partial charge < -0.3 is 10.8 Å². The monoisotopic (exact) mass is 298 g/mol. The normalized spacial score (nSPS) is 24.7. The van der Waals surface area contributed by atoms with Crippen LogP contribution in [0.15, 0.2) is 30.3 Å². The summed E-state index contributed by atoms with van der Waals surface area (Å²) in [6.45, 7) is 0.425. The molecule has 2 rings (SSSR count). The Morgan fingerprint density at radius 3 is 2.55 bits per heavy atom. The molecule has 2 atom stereocenters. The molecular formula is C14H22N2O3S. The SMILES string of the molecule is CN(CC(O)(CN)c1ccccc1)C1CCS(=O)(=O)C1. The molecule has 6 heteroatoms. The van der Waals surface area contributed by atoms with Crippen LogP contribution in [0.1, 0.15) is 12.0 Å². The van der Waals surface area contributed by atoms with Gasteiger partial charge in [0.15, 0.2) is 9.84 Å². The molecule has 1 fully saturated rings. The zero-order valence-electron chi connectivity index (χ0n) is 11.7. The number of rotatable bonds is 5. The second-order valence-electron chi connectivity index (χ2n) is 5.57. The molecule has 0 amide bonds. The van der Waals surface area contributed by atoms with Crippen molar-refractivity contribution in [1.82, 2.24) is 4.90 Å². The van der Waals surface area contributed by atoms with E-state index in [1.54, 1.807) is 0 Å². The minimum absolute atomic E-state index is 0.0400. The van der Waals surface area contributed by atoms with Gasteiger partial charge in [0.2, 0.25) is 0 Å². The van der Waals surface area contributed by atoms with Crippen molar-refractivity contribution >= 4 is 9.84 Å². The Balaban J connectivity index is 2.10. The van der Waals surface area contributed by atoms with Crippen LogP contribution >= 0.6 is 0 Å². The van der Waals surface area contributed by atoms with E-state index in [1.165, 1.54) is 0 Å². The number of hydrogen-bond donors (Lipinski definition) is 2. The summed E-state index contributed by atoms with van der Waals surface area (Å²) in [5, 5.41) is 10.7. The van der Waals surface area contributed by atoms with Gasteiger partial charge in [-0.15, -0.1) is 0 Å². The molecule has 3 N–H and O–H groups in total. The molecule has 20 heavy (non-hydrogen) atoms. The predicted molar refractivity (Wildman–Crippen MR) is 79.1 cm³/mol. The second-order valence-corrected chi connectivity index (χ2v) is 7.80. The highest BCUT2D eigenvalue weighted by molar-refractivity contribution is 7.91. The number of hydrogen-bond acceptors (Lipinski definition) is 5. The number of benzene rings is 1. The summed E-state index contributed by atoms with van der Waals surface area (Å²) in [5.74, 6) is 0.396. The zero-order chi connectivity index (χ0) is 14.8. The molecule has 1 saturated heterocycles. The van der Waals surface area contributed by atoms with Crippen molar-refractivity contribution in [2.24, 2.45) is 5.73 Å². The number of nitrogens with zero attached hydrogens (tertiary/aromatic N) is 1. The van der Waals surface area contributed by atoms with Gasteiger partial charge in [-0.3, -0.25) is 4.90 Å². The van der Waals surface area contributed by atoms with Crippen LogP contribution in [0.5, 0.6) is 0 Å². The van der Waals surface area contributed by atoms with Crippen LogP contribution in [0.25, 0.3) is 0 Å². The third-order valence-electron chi connectivity index (χ3n) is 3.99. The summed E-state index contributed by atoms with van der Waals surface area (Å²) in [7, 11) is -1.08. The Hall–Kier alpha value is -0.950. The first-order valence-electron chi connectivity index (χ1n) is 6.75. The van der Waals surface area contributed by atoms with E-state index in [0.717, 1.165) is 5.56 Å². The highest BCUT2D eigenvalue weighted by Gasteiger charge is 2.35. The lowest BCUT2D eigenvalue weighted by Gasteiger charge is -2.34. The average Bonchev–Trinajstić information content (AvgIpc) is 2.80. The second kappa shape index (κ2) is 5.81. The van der Waals surface area contributed by atoms with E-state index < -0.39 is 15.4 Å². The topological polar surface area (TPSA) is 83.6 Å². The Bertz CT molecular complexity index is 547. The molecule has 0 radical (unpaired) electrons. The van der Waals surface area contributed by atoms with Crippen LogP contribution in [0.4, 0.5) is 0 Å². The fraction of sp³-hybridized carbons (Fsp3) is 0.571. The van der Waals surface area contributed by atoms with Crippen LogP contribution in [0.2, 0.25) is 0 Å². The lowest BCUT2D eigenvalue weighted by molar-refractivity contribution is 0.00532. The highest BCUT2D eigenvalue weighted by atomic mass is 32.2. The van der Waals surface area contributed by atoms with Crippen molar-refractivity contribution in [3.63, 3.8) is 0 Å². The number of aliphatic hydroxyl groups is 1. The summed E-state index contributed by atoms with van der Waals surface area (Å²) in [6, 6.07) is 9.24. The summed E-state index contributed by atoms with van der Waals surface area (Å²) < 4.78 is 23.1. The molecule has 0 bridgehead atoms. The van der Waals surface area contributed by atoms with Gasteiger partial charge in [-0.25, -0.2) is 8.42 Å². The van der Waals surface area contributed by atoms with Crippen molar-refractivity contribution in [2.45, 2.75) is 18.1 Å². The Kier molecular flexibility index (Phi) is 4.49. The molecule has 112 valence electrons. The average molecular weight is 298 g/mol. The van der Waals surface area contributed by atoms with E-state index in [2.05, 4.69) is 0 Å². The maximum atomic E-state index is 11.5. The summed E-state index contributed by atoms with van der Waals surface area (Å²) in [5.41, 5.74) is 5.35. The third-order valence-corrected chi connectivity index (χ3v) is 5.74. The highest BCUT2D eigenvalue weighted by Crippen LogP contribution is 2.24. The lowest BCUT2D eigenvalue weighted by Crippen LogP contribution is -2.48. The first kappa shape index (κ1) is 15.4. The quantitative estimate of drug-likeness (QED) is 0.796. The molecule has 1 aliphatic heterocycles. The van der Waals surface area contributed by atoms with Gasteiger partial charge in [0.05, 0.1) is 11.5 Å². The van der Waals surface area contributed by atoms with Gasteiger partial charge in [-0.2, -0.15) is 0 Å². The van der Waals surface area contributed by atoms with E-state index in [0.29, 0.717) is 13.0 Å². The van der Waals surface area contributed by atoms with Gasteiger partial charge in [0.1, 0.15) is 5.60 Å². The number of nitrogens with two attached hydrogens (primary N) is 1. The third kappa shape index (κ3) is 3.38. The molecule has 5 nitrogen and oxygen atoms in total. The molecule has 0 aliphatic carbocycles. The number of likely N-dealkylation sites (N-methyl/N-ethyl adjacent to an activating group) is 1. The van der Waals surface area contributed by atoms with Crippen molar-refractivity contribution in [3.8, 4) is 0 Å². The molecular weight excluding hydrogens is 276 g/mol. The minimum atomic E-state index is -2.92. The molecule has 1 aliphatic rings. The van der Waals surface area contributed by atoms with Gasteiger partial charge in [0.25, 0.3) is 0 Å². The molecule has 1 aromatic carbocycles. The summed E-state index contributed by atoms with van der Waals surface area (Å²) in [4.78, 5) is 1.91. The van der Waals surface area contributed by atoms with Crippen LogP contribution in [-0.2, 0) is 15.4 Å². The Labute approximate surface area is 120 Å². The number of sulfone groups is 1. The fourth-order valence-corrected chi connectivity index (χ4v) is 4.49. The van der Waals surface area contributed by atoms with E-state index in [9.17, 15) is 13.5 Å². The van der Waals surface area contributed by atoms with Crippen LogP contribution in [0, 0.1) is 0 Å². The first-order chi connectivity index (χ1) is 9.36. The van der Waals surface area contributed by atoms with Gasteiger partial charge in [0, 0.05) is 19.1 Å². The first-order valence-corrected chi connectivity index (χ1v) is 8.57.